The number of amides is 1. The van der Waals surface area contributed by atoms with Crippen molar-refractivity contribution in [2.24, 2.45) is 0 Å². The molecule has 0 saturated carbocycles. The molecule has 2 unspecified atom stereocenters. The number of carbonyl (C=O) groups is 1. The molecule has 0 aromatic rings. The summed E-state index contributed by atoms with van der Waals surface area (Å²) in [4.78, 5) is 12.8. The minimum atomic E-state index is -1.67. The van der Waals surface area contributed by atoms with Crippen molar-refractivity contribution in [3.05, 3.63) is 0 Å². The Morgan fingerprint density at radius 2 is 2.20 bits per heavy atom. The number of nitrogens with zero attached hydrogens (tertiary/aromatic N) is 1. The van der Waals surface area contributed by atoms with Crippen LogP contribution >= 0.6 is 0 Å². The largest absolute Gasteiger partial charge is 0.444 e. The van der Waals surface area contributed by atoms with E-state index in [0.717, 1.165) is 0 Å². The maximum atomic E-state index is 13.6. The Morgan fingerprint density at radius 3 is 2.53 bits per heavy atom. The minimum Gasteiger partial charge on any atom is -0.444 e. The van der Waals surface area contributed by atoms with E-state index in [-0.39, 0.29) is 6.54 Å². The molecule has 1 rings (SSSR count). The lowest BCUT2D eigenvalue weighted by Crippen LogP contribution is -2.69. The molecule has 4 nitrogen and oxygen atoms in total. The van der Waals surface area contributed by atoms with Crippen molar-refractivity contribution in [2.75, 3.05) is 13.2 Å². The van der Waals surface area contributed by atoms with E-state index in [1.165, 1.54) is 4.90 Å². The monoisotopic (exact) mass is 219 g/mol. The van der Waals surface area contributed by atoms with Gasteiger partial charge in [-0.25, -0.2) is 9.18 Å². The summed E-state index contributed by atoms with van der Waals surface area (Å²) >= 11 is 0. The normalized spacial score (nSPS) is 31.1. The quantitative estimate of drug-likeness (QED) is 0.723. The third-order valence-electron chi connectivity index (χ3n) is 2.54. The van der Waals surface area contributed by atoms with E-state index < -0.39 is 30.0 Å². The Balaban J connectivity index is 2.53. The first-order valence-corrected chi connectivity index (χ1v) is 4.99. The van der Waals surface area contributed by atoms with Gasteiger partial charge in [0.2, 0.25) is 0 Å². The van der Waals surface area contributed by atoms with Crippen LogP contribution in [-0.2, 0) is 4.74 Å². The second kappa shape index (κ2) is 3.63. The van der Waals surface area contributed by atoms with Gasteiger partial charge in [-0.1, -0.05) is 0 Å². The molecule has 5 heteroatoms. The van der Waals surface area contributed by atoms with Crippen LogP contribution in [0.25, 0.3) is 0 Å². The van der Waals surface area contributed by atoms with Gasteiger partial charge >= 0.3 is 6.09 Å². The molecule has 2 atom stereocenters. The first-order chi connectivity index (χ1) is 6.69. The number of aliphatic hydroxyl groups excluding tert-OH is 1. The number of hydrogen-bond donors (Lipinski definition) is 1. The summed E-state index contributed by atoms with van der Waals surface area (Å²) < 4.78 is 18.7. The van der Waals surface area contributed by atoms with Crippen molar-refractivity contribution >= 4 is 6.09 Å². The lowest BCUT2D eigenvalue weighted by atomic mass is 9.88. The molecule has 1 aliphatic rings. The molecule has 15 heavy (non-hydrogen) atoms. The summed E-state index contributed by atoms with van der Waals surface area (Å²) in [6, 6.07) is -0.627. The fourth-order valence-corrected chi connectivity index (χ4v) is 1.44. The Morgan fingerprint density at radius 1 is 1.67 bits per heavy atom. The average Bonchev–Trinajstić information content (AvgIpc) is 2.10. The van der Waals surface area contributed by atoms with Gasteiger partial charge in [0.25, 0.3) is 0 Å². The number of carbonyl (C=O) groups excluding carboxylic acids is 1. The van der Waals surface area contributed by atoms with Crippen molar-refractivity contribution in [3.63, 3.8) is 0 Å². The van der Waals surface area contributed by atoms with Gasteiger partial charge in [0.1, 0.15) is 5.60 Å². The second-order valence-corrected chi connectivity index (χ2v) is 4.98. The maximum Gasteiger partial charge on any atom is 0.410 e. The lowest BCUT2D eigenvalue weighted by Gasteiger charge is -2.49. The lowest BCUT2D eigenvalue weighted by molar-refractivity contribution is -0.112. The molecule has 0 aromatic carbocycles. The average molecular weight is 219 g/mol. The second-order valence-electron chi connectivity index (χ2n) is 4.98. The van der Waals surface area contributed by atoms with Crippen LogP contribution in [0.4, 0.5) is 9.18 Å². The smallest absolute Gasteiger partial charge is 0.410 e. The number of hydrogen-bond acceptors (Lipinski definition) is 3. The molecule has 1 fully saturated rings. The Kier molecular flexibility index (Phi) is 2.96. The molecule has 1 amide bonds. The third-order valence-corrected chi connectivity index (χ3v) is 2.54. The Bertz CT molecular complexity index is 264. The fourth-order valence-electron chi connectivity index (χ4n) is 1.44. The van der Waals surface area contributed by atoms with E-state index >= 15 is 0 Å². The summed E-state index contributed by atoms with van der Waals surface area (Å²) in [6.07, 6.45) is -0.531. The van der Waals surface area contributed by atoms with E-state index in [1.54, 1.807) is 27.7 Å². The van der Waals surface area contributed by atoms with Gasteiger partial charge < -0.3 is 9.84 Å². The van der Waals surface area contributed by atoms with Gasteiger partial charge in [-0.15, -0.1) is 0 Å². The molecule has 0 spiro atoms. The van der Waals surface area contributed by atoms with E-state index in [0.29, 0.717) is 0 Å². The van der Waals surface area contributed by atoms with Crippen LogP contribution in [0.3, 0.4) is 0 Å². The van der Waals surface area contributed by atoms with Crippen molar-refractivity contribution in [1.82, 2.24) is 4.90 Å². The molecular formula is C10H18FNO3. The van der Waals surface area contributed by atoms with Crippen LogP contribution in [0.15, 0.2) is 0 Å². The first-order valence-electron chi connectivity index (χ1n) is 4.99. The zero-order valence-electron chi connectivity index (χ0n) is 9.58. The van der Waals surface area contributed by atoms with E-state index in [2.05, 4.69) is 0 Å². The highest BCUT2D eigenvalue weighted by Crippen LogP contribution is 2.33. The zero-order valence-corrected chi connectivity index (χ0v) is 9.58. The van der Waals surface area contributed by atoms with Gasteiger partial charge in [-0.3, -0.25) is 4.90 Å². The molecule has 1 heterocycles. The molecule has 1 N–H and O–H groups in total. The van der Waals surface area contributed by atoms with Crippen LogP contribution in [0.5, 0.6) is 0 Å². The third kappa shape index (κ3) is 2.40. The van der Waals surface area contributed by atoms with Gasteiger partial charge in [0.05, 0.1) is 19.2 Å². The van der Waals surface area contributed by atoms with Crippen LogP contribution < -0.4 is 0 Å². The minimum absolute atomic E-state index is 0.0976. The molecule has 1 saturated heterocycles. The summed E-state index contributed by atoms with van der Waals surface area (Å²) in [5, 5.41) is 8.79. The molecule has 1 aliphatic heterocycles. The van der Waals surface area contributed by atoms with Gasteiger partial charge in [0.15, 0.2) is 5.67 Å². The molecule has 0 radical (unpaired) electrons. The molecule has 0 aliphatic carbocycles. The van der Waals surface area contributed by atoms with Crippen LogP contribution in [0.2, 0.25) is 0 Å². The van der Waals surface area contributed by atoms with Gasteiger partial charge in [-0.05, 0) is 27.7 Å². The number of ether oxygens (including phenoxy) is 1. The van der Waals surface area contributed by atoms with Crippen molar-refractivity contribution in [2.45, 2.75) is 45.0 Å². The fraction of sp³-hybridized carbons (Fsp3) is 0.900. The summed E-state index contributed by atoms with van der Waals surface area (Å²) in [6.45, 7) is 6.16. The zero-order chi connectivity index (χ0) is 11.9. The highest BCUT2D eigenvalue weighted by Gasteiger charge is 2.53. The molecule has 88 valence electrons. The van der Waals surface area contributed by atoms with Crippen LogP contribution in [-0.4, -0.2) is 46.6 Å². The van der Waals surface area contributed by atoms with Crippen LogP contribution in [0, 0.1) is 0 Å². The van der Waals surface area contributed by atoms with E-state index in [9.17, 15) is 9.18 Å². The standard InChI is InChI=1S/C10H18FNO3/c1-7-10(11,6-13)5-12(7)8(14)15-9(2,3)4/h7,13H,5-6H2,1-4H3. The SMILES string of the molecule is CC1N(C(=O)OC(C)(C)C)CC1(F)CO. The first kappa shape index (κ1) is 12.2. The van der Waals surface area contributed by atoms with Crippen molar-refractivity contribution in [3.8, 4) is 0 Å². The Labute approximate surface area is 89.0 Å². The van der Waals surface area contributed by atoms with E-state index in [4.69, 9.17) is 9.84 Å². The highest BCUT2D eigenvalue weighted by atomic mass is 19.1. The molecule has 0 bridgehead atoms. The van der Waals surface area contributed by atoms with Gasteiger partial charge in [0, 0.05) is 0 Å². The number of alkyl halides is 1. The Hall–Kier alpha value is -0.840. The topological polar surface area (TPSA) is 49.8 Å². The summed E-state index contributed by atoms with van der Waals surface area (Å²) in [5.41, 5.74) is -2.25. The van der Waals surface area contributed by atoms with Gasteiger partial charge in [-0.2, -0.15) is 0 Å². The number of aliphatic hydroxyl groups is 1. The number of halogens is 1. The van der Waals surface area contributed by atoms with Crippen molar-refractivity contribution in [1.29, 1.82) is 0 Å². The van der Waals surface area contributed by atoms with Crippen molar-refractivity contribution < 1.29 is 19.0 Å². The highest BCUT2D eigenvalue weighted by molar-refractivity contribution is 5.70. The molecular weight excluding hydrogens is 201 g/mol. The predicted molar refractivity (Wildman–Crippen MR) is 53.3 cm³/mol. The van der Waals surface area contributed by atoms with E-state index in [1.807, 2.05) is 0 Å². The summed E-state index contributed by atoms with van der Waals surface area (Å²) in [5.74, 6) is 0. The number of rotatable bonds is 1. The predicted octanol–water partition coefficient (Wildman–Crippen LogP) is 1.33. The summed E-state index contributed by atoms with van der Waals surface area (Å²) in [7, 11) is 0. The molecule has 0 aromatic heterocycles. The van der Waals surface area contributed by atoms with Crippen LogP contribution in [0.1, 0.15) is 27.7 Å². The number of likely N-dealkylation sites (tertiary alicyclic amines) is 1. The maximum absolute atomic E-state index is 13.6.